The zero-order valence-electron chi connectivity index (χ0n) is 41.6. The Morgan fingerprint density at radius 1 is 0.653 bits per heavy atom. The van der Waals surface area contributed by atoms with Crippen molar-refractivity contribution in [2.24, 2.45) is 0 Å². The number of methoxy groups -OCH3 is 5. The van der Waals surface area contributed by atoms with E-state index in [0.717, 1.165) is 119 Å². The molecule has 0 bridgehead atoms. The Kier molecular flexibility index (Phi) is 18.8. The van der Waals surface area contributed by atoms with E-state index in [1.54, 1.807) is 35.5 Å². The predicted molar refractivity (Wildman–Crippen MR) is 296 cm³/mol. The number of anilines is 3. The standard InChI is InChI=1S/C32H35BrN4O4.C23H25BrClN3O3/c1-5-6-7-29-36-30-31(37(29)18-22-9-8-20(19-38)14-27(22)40-3)25-15-23(33)11-13-26(25)35-32(30)34-17-21-10-12-24(39-2)16-28(21)41-4;1-4-5-6-20(29)28-22-21(17-11-15(24)8-10-18(17)27-23(22)25)26-13-14-7-9-16(30-2)12-19(14)31-3/h8-16,38H,5-7,17-19H2,1-4H3,(H,34,35);7-12H,4-6,13H2,1-3H3,(H,26,27)(H,28,29). The summed E-state index contributed by atoms with van der Waals surface area (Å²) < 4.78 is 31.7. The number of aromatic nitrogens is 4. The van der Waals surface area contributed by atoms with Gasteiger partial charge in [-0.25, -0.2) is 15.0 Å². The number of carbonyl (C=O) groups excluding carboxylic acids is 1. The first-order valence-corrected chi connectivity index (χ1v) is 25.7. The Morgan fingerprint density at radius 2 is 1.24 bits per heavy atom. The number of hydrogen-bond donors (Lipinski definition) is 4. The van der Waals surface area contributed by atoms with Crippen LogP contribution in [0.2, 0.25) is 5.15 Å². The minimum atomic E-state index is -0.0926. The number of nitrogens with one attached hydrogen (secondary N) is 3. The molecule has 0 unspecified atom stereocenters. The van der Waals surface area contributed by atoms with Gasteiger partial charge >= 0.3 is 0 Å². The van der Waals surface area contributed by atoms with Crippen molar-refractivity contribution in [3.05, 3.63) is 133 Å². The van der Waals surface area contributed by atoms with Crippen LogP contribution >= 0.6 is 43.5 Å². The number of fused-ring (bicyclic) bond motifs is 4. The molecule has 8 rings (SSSR count). The summed E-state index contributed by atoms with van der Waals surface area (Å²) in [7, 11) is 8.20. The van der Waals surface area contributed by atoms with Crippen LogP contribution in [0.5, 0.6) is 28.7 Å². The number of halogens is 3. The molecule has 4 N–H and O–H groups in total. The highest BCUT2D eigenvalue weighted by Gasteiger charge is 2.22. The predicted octanol–water partition coefficient (Wildman–Crippen LogP) is 13.3. The molecule has 0 fully saturated rings. The number of imidazole rings is 1. The fourth-order valence-electron chi connectivity index (χ4n) is 8.31. The largest absolute Gasteiger partial charge is 0.497 e. The highest BCUT2D eigenvalue weighted by Crippen LogP contribution is 2.39. The molecule has 3 heterocycles. The average molecular weight is 1130 g/mol. The van der Waals surface area contributed by atoms with Crippen LogP contribution in [0.1, 0.15) is 74.0 Å². The number of carbonyl (C=O) groups is 1. The van der Waals surface area contributed by atoms with Crippen molar-refractivity contribution in [1.82, 2.24) is 19.5 Å². The van der Waals surface area contributed by atoms with Crippen LogP contribution < -0.4 is 39.6 Å². The first-order chi connectivity index (χ1) is 34.9. The number of rotatable bonds is 21. The van der Waals surface area contributed by atoms with Crippen LogP contribution in [-0.4, -0.2) is 66.1 Å². The van der Waals surface area contributed by atoms with Crippen LogP contribution in [-0.2, 0) is 37.5 Å². The van der Waals surface area contributed by atoms with Crippen molar-refractivity contribution in [2.75, 3.05) is 51.5 Å². The Balaban J connectivity index is 0.000000220. The lowest BCUT2D eigenvalue weighted by Gasteiger charge is -2.18. The Labute approximate surface area is 442 Å². The quantitative estimate of drug-likeness (QED) is 0.0505. The maximum absolute atomic E-state index is 12.5. The molecule has 17 heteroatoms. The third kappa shape index (κ3) is 12.6. The maximum Gasteiger partial charge on any atom is 0.224 e. The van der Waals surface area contributed by atoms with Crippen molar-refractivity contribution in [3.8, 4) is 28.7 Å². The molecule has 0 aliphatic carbocycles. The van der Waals surface area contributed by atoms with Gasteiger partial charge in [0, 0.05) is 74.5 Å². The van der Waals surface area contributed by atoms with Crippen molar-refractivity contribution >= 4 is 99.4 Å². The molecule has 5 aromatic carbocycles. The fraction of sp³-hybridized carbons (Fsp3) is 0.309. The fourth-order valence-corrected chi connectivity index (χ4v) is 9.27. The summed E-state index contributed by atoms with van der Waals surface area (Å²) in [5.74, 6) is 5.25. The van der Waals surface area contributed by atoms with Gasteiger partial charge in [0.25, 0.3) is 0 Å². The number of amides is 1. The Morgan fingerprint density at radius 3 is 1.83 bits per heavy atom. The summed E-state index contributed by atoms with van der Waals surface area (Å²) >= 11 is 13.7. The third-order valence-corrected chi connectivity index (χ3v) is 13.4. The zero-order valence-corrected chi connectivity index (χ0v) is 45.5. The molecule has 0 radical (unpaired) electrons. The summed E-state index contributed by atoms with van der Waals surface area (Å²) in [6.07, 6.45) is 5.09. The van der Waals surface area contributed by atoms with E-state index in [2.05, 4.69) is 70.4 Å². The molecule has 378 valence electrons. The van der Waals surface area contributed by atoms with E-state index in [-0.39, 0.29) is 17.7 Å². The van der Waals surface area contributed by atoms with Gasteiger partial charge in [0.1, 0.15) is 45.8 Å². The second-order valence-corrected chi connectivity index (χ2v) is 19.1. The number of hydrogen-bond acceptors (Lipinski definition) is 12. The number of benzene rings is 5. The first-order valence-electron chi connectivity index (χ1n) is 23.7. The highest BCUT2D eigenvalue weighted by atomic mass is 79.9. The summed E-state index contributed by atoms with van der Waals surface area (Å²) in [5.41, 5.74) is 8.35. The molecule has 0 aliphatic rings. The number of pyridine rings is 2. The SMILES string of the molecule is CCCCC(=O)Nc1c(Cl)nc2ccc(Br)cc2c1NCc1ccc(OC)cc1OC.CCCCc1nc2c(NCc3ccc(OC)cc3OC)nc3ccc(Br)cc3c2n1Cc1ccc(CO)cc1OC. The smallest absolute Gasteiger partial charge is 0.224 e. The average Bonchev–Trinajstić information content (AvgIpc) is 3.77. The topological polar surface area (TPSA) is 163 Å². The van der Waals surface area contributed by atoms with Gasteiger partial charge in [0.2, 0.25) is 5.91 Å². The molecular formula is C55H60Br2ClN7O7. The van der Waals surface area contributed by atoms with Gasteiger partial charge in [-0.2, -0.15) is 0 Å². The number of nitrogens with zero attached hydrogens (tertiary/aromatic N) is 4. The molecule has 0 aliphatic heterocycles. The van der Waals surface area contributed by atoms with Gasteiger partial charge in [-0.1, -0.05) is 82.3 Å². The van der Waals surface area contributed by atoms with Gasteiger partial charge in [-0.3, -0.25) is 4.79 Å². The van der Waals surface area contributed by atoms with Crippen LogP contribution in [0.15, 0.2) is 99.9 Å². The summed E-state index contributed by atoms with van der Waals surface area (Å²) in [5, 5.41) is 21.7. The van der Waals surface area contributed by atoms with E-state index in [9.17, 15) is 9.90 Å². The third-order valence-electron chi connectivity index (χ3n) is 12.1. The van der Waals surface area contributed by atoms with Gasteiger partial charge in [-0.15, -0.1) is 0 Å². The highest BCUT2D eigenvalue weighted by molar-refractivity contribution is 9.10. The van der Waals surface area contributed by atoms with E-state index in [1.165, 1.54) is 0 Å². The van der Waals surface area contributed by atoms with Crippen molar-refractivity contribution in [2.45, 2.75) is 78.6 Å². The molecule has 1 amide bonds. The van der Waals surface area contributed by atoms with E-state index in [0.29, 0.717) is 54.7 Å². The molecule has 3 aromatic heterocycles. The summed E-state index contributed by atoms with van der Waals surface area (Å²) in [6.45, 7) is 5.72. The lowest BCUT2D eigenvalue weighted by atomic mass is 10.1. The van der Waals surface area contributed by atoms with Gasteiger partial charge in [0.15, 0.2) is 11.0 Å². The maximum atomic E-state index is 12.5. The monoisotopic (exact) mass is 1120 g/mol. The van der Waals surface area contributed by atoms with Crippen LogP contribution in [0.25, 0.3) is 32.8 Å². The van der Waals surface area contributed by atoms with E-state index < -0.39 is 0 Å². The van der Waals surface area contributed by atoms with Crippen molar-refractivity contribution in [1.29, 1.82) is 0 Å². The van der Waals surface area contributed by atoms with Crippen LogP contribution in [0.4, 0.5) is 17.2 Å². The first kappa shape index (κ1) is 53.5. The van der Waals surface area contributed by atoms with E-state index >= 15 is 0 Å². The zero-order chi connectivity index (χ0) is 51.3. The van der Waals surface area contributed by atoms with Gasteiger partial charge < -0.3 is 49.3 Å². The minimum Gasteiger partial charge on any atom is -0.497 e. The van der Waals surface area contributed by atoms with E-state index in [4.69, 9.17) is 45.3 Å². The second kappa shape index (κ2) is 25.4. The molecular weight excluding hydrogens is 1070 g/mol. The number of aliphatic hydroxyl groups is 1. The van der Waals surface area contributed by atoms with Crippen LogP contribution in [0, 0.1) is 0 Å². The van der Waals surface area contributed by atoms with Crippen molar-refractivity contribution < 1.29 is 33.6 Å². The second-order valence-electron chi connectivity index (χ2n) is 16.9. The molecule has 14 nitrogen and oxygen atoms in total. The Bertz CT molecular complexity index is 3190. The summed E-state index contributed by atoms with van der Waals surface area (Å²) in [6, 6.07) is 29.2. The molecule has 72 heavy (non-hydrogen) atoms. The number of aryl methyl sites for hydroxylation is 1. The van der Waals surface area contributed by atoms with Crippen molar-refractivity contribution in [3.63, 3.8) is 0 Å². The minimum absolute atomic E-state index is 0.0370. The molecule has 0 spiro atoms. The lowest BCUT2D eigenvalue weighted by molar-refractivity contribution is -0.116. The van der Waals surface area contributed by atoms with Crippen LogP contribution in [0.3, 0.4) is 0 Å². The number of ether oxygens (including phenoxy) is 5. The molecule has 0 saturated carbocycles. The normalized spacial score (nSPS) is 11.0. The number of unbranched alkanes of at least 4 members (excludes halogenated alkanes) is 2. The lowest BCUT2D eigenvalue weighted by Crippen LogP contribution is -2.14. The number of aliphatic hydroxyl groups excluding tert-OH is 1. The van der Waals surface area contributed by atoms with Gasteiger partial charge in [0.05, 0.1) is 70.9 Å². The Hall–Kier alpha value is -6.33. The molecule has 0 saturated heterocycles. The molecule has 8 aromatic rings. The molecule has 0 atom stereocenters. The van der Waals surface area contributed by atoms with E-state index in [1.807, 2.05) is 91.9 Å². The summed E-state index contributed by atoms with van der Waals surface area (Å²) in [4.78, 5) is 27.1. The van der Waals surface area contributed by atoms with Gasteiger partial charge in [-0.05, 0) is 85.1 Å².